The summed E-state index contributed by atoms with van der Waals surface area (Å²) in [6.07, 6.45) is 0.518. The second-order valence-corrected chi connectivity index (χ2v) is 11.6. The van der Waals surface area contributed by atoms with Crippen LogP contribution in [0.25, 0.3) is 0 Å². The van der Waals surface area contributed by atoms with E-state index in [4.69, 9.17) is 11.2 Å². The smallest absolute Gasteiger partial charge is 0.390 e. The van der Waals surface area contributed by atoms with Crippen molar-refractivity contribution in [1.29, 1.82) is 0 Å². The first kappa shape index (κ1) is 30.9. The Kier molecular flexibility index (Phi) is 9.03. The molecule has 2 atom stereocenters. The van der Waals surface area contributed by atoms with Crippen LogP contribution in [0.3, 0.4) is 0 Å². The third-order valence-corrected chi connectivity index (χ3v) is 8.63. The fourth-order valence-electron chi connectivity index (χ4n) is 5.09. The number of halogens is 5. The fourth-order valence-corrected chi connectivity index (χ4v) is 6.13. The number of hydrogen-bond acceptors (Lipinski definition) is 7. The number of terminal acetylenes is 1. The van der Waals surface area contributed by atoms with Gasteiger partial charge in [-0.25, -0.2) is 13.8 Å². The van der Waals surface area contributed by atoms with Gasteiger partial charge >= 0.3 is 6.18 Å². The minimum atomic E-state index is -4.92. The van der Waals surface area contributed by atoms with Gasteiger partial charge in [-0.05, 0) is 54.7 Å². The zero-order chi connectivity index (χ0) is 30.8. The second kappa shape index (κ2) is 12.6. The Morgan fingerprint density at radius 2 is 1.86 bits per heavy atom. The molecule has 3 aromatic rings. The van der Waals surface area contributed by atoms with Crippen LogP contribution in [0.5, 0.6) is 0 Å². The molecule has 1 amide bonds. The maximum absolute atomic E-state index is 14.0. The molecule has 0 spiro atoms. The molecule has 1 saturated carbocycles. The lowest BCUT2D eigenvalue weighted by Crippen LogP contribution is -2.50. The molecule has 0 radical (unpaired) electrons. The van der Waals surface area contributed by atoms with Crippen molar-refractivity contribution in [2.75, 3.05) is 37.7 Å². The van der Waals surface area contributed by atoms with Crippen LogP contribution in [0.4, 0.5) is 27.1 Å². The van der Waals surface area contributed by atoms with Crippen LogP contribution >= 0.6 is 11.3 Å². The number of benzene rings is 2. The summed E-state index contributed by atoms with van der Waals surface area (Å²) in [5.74, 6) is -0.253. The van der Waals surface area contributed by atoms with Crippen LogP contribution in [-0.4, -0.2) is 61.0 Å². The van der Waals surface area contributed by atoms with Gasteiger partial charge in [0.2, 0.25) is 0 Å². The van der Waals surface area contributed by atoms with Crippen molar-refractivity contribution in [1.82, 2.24) is 15.6 Å². The molecular weight excluding hydrogens is 591 g/mol. The highest BCUT2D eigenvalue weighted by Gasteiger charge is 2.45. The fraction of sp³-hybridized carbons (Fsp3) is 0.400. The van der Waals surface area contributed by atoms with Gasteiger partial charge in [0.25, 0.3) is 5.91 Å². The maximum Gasteiger partial charge on any atom is 0.435 e. The highest BCUT2D eigenvalue weighted by molar-refractivity contribution is 7.17. The summed E-state index contributed by atoms with van der Waals surface area (Å²) in [5.41, 5.74) is -0.102. The Morgan fingerprint density at radius 3 is 2.49 bits per heavy atom. The van der Waals surface area contributed by atoms with Gasteiger partial charge in [-0.2, -0.15) is 13.2 Å². The topological polar surface area (TPSA) is 86.7 Å². The molecule has 2 heterocycles. The molecule has 7 nitrogen and oxygen atoms in total. The minimum absolute atomic E-state index is 0.0246. The summed E-state index contributed by atoms with van der Waals surface area (Å²) < 4.78 is 75.1. The number of morpholine rings is 1. The predicted octanol–water partition coefficient (Wildman–Crippen LogP) is 4.24. The van der Waals surface area contributed by atoms with E-state index in [0.29, 0.717) is 49.3 Å². The van der Waals surface area contributed by atoms with E-state index in [1.807, 2.05) is 18.2 Å². The lowest BCUT2D eigenvalue weighted by molar-refractivity contribution is -0.141. The number of ether oxygens (including phenoxy) is 1. The summed E-state index contributed by atoms with van der Waals surface area (Å²) in [4.78, 5) is 18.0. The van der Waals surface area contributed by atoms with Gasteiger partial charge < -0.3 is 25.4 Å². The molecule has 1 aliphatic heterocycles. The summed E-state index contributed by atoms with van der Waals surface area (Å²) in [7, 11) is 0. The second-order valence-electron chi connectivity index (χ2n) is 10.6. The minimum Gasteiger partial charge on any atom is -0.390 e. The van der Waals surface area contributed by atoms with Crippen molar-refractivity contribution >= 4 is 22.4 Å². The normalized spacial score (nSPS) is 17.7. The van der Waals surface area contributed by atoms with Gasteiger partial charge in [0.1, 0.15) is 16.5 Å². The molecule has 2 fully saturated rings. The Balaban J connectivity index is 1.38. The van der Waals surface area contributed by atoms with Gasteiger partial charge in [-0.15, -0.1) is 6.42 Å². The molecule has 228 valence electrons. The van der Waals surface area contributed by atoms with Crippen LogP contribution in [-0.2, 0) is 22.9 Å². The van der Waals surface area contributed by atoms with E-state index in [2.05, 4.69) is 21.5 Å². The Hall–Kier alpha value is -3.57. The van der Waals surface area contributed by atoms with Gasteiger partial charge in [0.15, 0.2) is 10.8 Å². The standard InChI is InChI=1S/C30H29F5N4O3S/c1-2-18-4-3-5-20(12-18)29(6-7-29)36-17-24(40)23(15-19-13-21(31)16-22(32)14-19)37-27(41)25-26(30(33,34)35)38-28(43-25)39-8-10-42-11-9-39/h1,3-5,12-14,16,23-24,36,40H,6-11,15,17H2,(H,37,41)/t23-,24+/m0/s1. The number of anilines is 1. The SMILES string of the molecule is C#Cc1cccc(C2(NC[C@@H](O)[C@H](Cc3cc(F)cc(F)c3)NC(=O)c3sc(N4CCOCC4)nc3C(F)(F)F)CC2)c1. The Labute approximate surface area is 249 Å². The van der Waals surface area contributed by atoms with Gasteiger partial charge in [0, 0.05) is 36.8 Å². The first-order valence-corrected chi connectivity index (χ1v) is 14.5. The maximum atomic E-state index is 14.0. The summed E-state index contributed by atoms with van der Waals surface area (Å²) in [6, 6.07) is 8.92. The van der Waals surface area contributed by atoms with E-state index < -0.39 is 52.0 Å². The Bertz CT molecular complexity index is 1490. The Morgan fingerprint density at radius 1 is 1.16 bits per heavy atom. The zero-order valence-corrected chi connectivity index (χ0v) is 23.7. The van der Waals surface area contributed by atoms with E-state index >= 15 is 0 Å². The third kappa shape index (κ3) is 7.33. The van der Waals surface area contributed by atoms with Crippen LogP contribution in [0.1, 0.15) is 44.9 Å². The van der Waals surface area contributed by atoms with Crippen molar-refractivity contribution < 1.29 is 36.6 Å². The van der Waals surface area contributed by atoms with Crippen LogP contribution in [0.2, 0.25) is 0 Å². The van der Waals surface area contributed by atoms with E-state index in [1.54, 1.807) is 11.0 Å². The lowest BCUT2D eigenvalue weighted by Gasteiger charge is -2.27. The number of amides is 1. The van der Waals surface area contributed by atoms with E-state index in [0.717, 1.165) is 30.5 Å². The molecule has 2 aromatic carbocycles. The van der Waals surface area contributed by atoms with Crippen LogP contribution in [0.15, 0.2) is 42.5 Å². The highest BCUT2D eigenvalue weighted by Crippen LogP contribution is 2.45. The van der Waals surface area contributed by atoms with Crippen LogP contribution < -0.4 is 15.5 Å². The zero-order valence-electron chi connectivity index (χ0n) is 22.9. The number of nitrogens with one attached hydrogen (secondary N) is 2. The van der Waals surface area contributed by atoms with Gasteiger partial charge in [0.05, 0.1) is 25.4 Å². The number of nitrogens with zero attached hydrogens (tertiary/aromatic N) is 2. The number of hydrogen-bond donors (Lipinski definition) is 3. The third-order valence-electron chi connectivity index (χ3n) is 7.51. The molecule has 1 aromatic heterocycles. The number of aromatic nitrogens is 1. The molecule has 3 N–H and O–H groups in total. The van der Waals surface area contributed by atoms with Crippen molar-refractivity contribution in [3.05, 3.63) is 81.4 Å². The number of rotatable bonds is 10. The number of alkyl halides is 3. The van der Waals surface area contributed by atoms with E-state index in [9.17, 15) is 31.9 Å². The molecule has 0 bridgehead atoms. The number of carbonyl (C=O) groups is 1. The molecule has 43 heavy (non-hydrogen) atoms. The number of carbonyl (C=O) groups excluding carboxylic acids is 1. The quantitative estimate of drug-likeness (QED) is 0.232. The van der Waals surface area contributed by atoms with Crippen molar-refractivity contribution in [2.45, 2.75) is 43.1 Å². The molecule has 13 heteroatoms. The summed E-state index contributed by atoms with van der Waals surface area (Å²) >= 11 is 0.588. The molecular formula is C30H29F5N4O3S. The molecule has 2 aliphatic rings. The molecule has 1 saturated heterocycles. The summed E-state index contributed by atoms with van der Waals surface area (Å²) in [6.45, 7) is 1.17. The van der Waals surface area contributed by atoms with Crippen LogP contribution in [0, 0.1) is 24.0 Å². The number of aliphatic hydroxyl groups is 1. The lowest BCUT2D eigenvalue weighted by atomic mass is 9.98. The molecule has 1 aliphatic carbocycles. The molecule has 5 rings (SSSR count). The van der Waals surface area contributed by atoms with Gasteiger partial charge in [-0.3, -0.25) is 4.79 Å². The highest BCUT2D eigenvalue weighted by atomic mass is 32.1. The van der Waals surface area contributed by atoms with Crippen molar-refractivity contribution in [3.63, 3.8) is 0 Å². The average molecular weight is 621 g/mol. The summed E-state index contributed by atoms with van der Waals surface area (Å²) in [5, 5.41) is 17.0. The molecule has 0 unspecified atom stereocenters. The first-order chi connectivity index (χ1) is 20.5. The van der Waals surface area contributed by atoms with E-state index in [-0.39, 0.29) is 23.7 Å². The van der Waals surface area contributed by atoms with Crippen molar-refractivity contribution in [3.8, 4) is 12.3 Å². The monoisotopic (exact) mass is 620 g/mol. The largest absolute Gasteiger partial charge is 0.435 e. The van der Waals surface area contributed by atoms with E-state index in [1.165, 1.54) is 0 Å². The average Bonchev–Trinajstić information content (AvgIpc) is 3.62. The number of thiazole rings is 1. The number of aliphatic hydroxyl groups excluding tert-OH is 1. The first-order valence-electron chi connectivity index (χ1n) is 13.6. The van der Waals surface area contributed by atoms with Gasteiger partial charge in [-0.1, -0.05) is 29.4 Å². The van der Waals surface area contributed by atoms with Crippen molar-refractivity contribution in [2.24, 2.45) is 0 Å². The predicted molar refractivity (Wildman–Crippen MR) is 151 cm³/mol.